The molecule has 0 heterocycles. The predicted octanol–water partition coefficient (Wildman–Crippen LogP) is 4.07. The Hall–Kier alpha value is -2.47. The van der Waals surface area contributed by atoms with Gasteiger partial charge in [0.05, 0.1) is 12.7 Å². The first kappa shape index (κ1) is 14.9. The largest absolute Gasteiger partial charge is 0.495 e. The van der Waals surface area contributed by atoms with E-state index in [4.69, 9.17) is 14.7 Å². The third-order valence-corrected chi connectivity index (χ3v) is 3.54. The van der Waals surface area contributed by atoms with Gasteiger partial charge in [0.15, 0.2) is 0 Å². The van der Waals surface area contributed by atoms with Crippen LogP contribution in [0.1, 0.15) is 27.8 Å². The molecule has 0 amide bonds. The molecule has 0 aliphatic rings. The first-order chi connectivity index (χ1) is 10.0. The normalized spacial score (nSPS) is 10.0. The average Bonchev–Trinajstić information content (AvgIpc) is 2.49. The van der Waals surface area contributed by atoms with E-state index in [1.165, 1.54) is 11.1 Å². The van der Waals surface area contributed by atoms with E-state index in [0.29, 0.717) is 17.9 Å². The number of hydrogen-bond acceptors (Lipinski definition) is 3. The van der Waals surface area contributed by atoms with Gasteiger partial charge >= 0.3 is 0 Å². The number of rotatable bonds is 4. The van der Waals surface area contributed by atoms with Crippen molar-refractivity contribution in [3.05, 3.63) is 58.1 Å². The van der Waals surface area contributed by atoms with E-state index in [1.54, 1.807) is 13.2 Å². The highest BCUT2D eigenvalue weighted by molar-refractivity contribution is 5.46. The van der Waals surface area contributed by atoms with Crippen molar-refractivity contribution >= 4 is 0 Å². The van der Waals surface area contributed by atoms with Crippen LogP contribution in [-0.2, 0) is 6.61 Å². The Bertz CT molecular complexity index is 699. The molecule has 2 aromatic carbocycles. The minimum atomic E-state index is 0.450. The second-order valence-corrected chi connectivity index (χ2v) is 5.14. The second kappa shape index (κ2) is 6.32. The van der Waals surface area contributed by atoms with Crippen LogP contribution in [0.2, 0.25) is 0 Å². The zero-order valence-corrected chi connectivity index (χ0v) is 12.9. The molecule has 0 spiro atoms. The van der Waals surface area contributed by atoms with Gasteiger partial charge in [-0.25, -0.2) is 0 Å². The molecule has 0 saturated heterocycles. The van der Waals surface area contributed by atoms with Crippen molar-refractivity contribution in [3.63, 3.8) is 0 Å². The van der Waals surface area contributed by atoms with E-state index in [1.807, 2.05) is 18.2 Å². The minimum Gasteiger partial charge on any atom is -0.495 e. The topological polar surface area (TPSA) is 42.2 Å². The Labute approximate surface area is 125 Å². The molecule has 3 heteroatoms. The SMILES string of the molecule is COc1cc(COc2cc(C)cc(C)c2C)ccc1C#N. The monoisotopic (exact) mass is 281 g/mol. The number of nitriles is 1. The molecule has 0 fully saturated rings. The summed E-state index contributed by atoms with van der Waals surface area (Å²) >= 11 is 0. The fourth-order valence-electron chi connectivity index (χ4n) is 2.23. The zero-order valence-electron chi connectivity index (χ0n) is 12.9. The Kier molecular flexibility index (Phi) is 4.49. The molecule has 108 valence electrons. The van der Waals surface area contributed by atoms with Gasteiger partial charge in [-0.2, -0.15) is 5.26 Å². The summed E-state index contributed by atoms with van der Waals surface area (Å²) in [7, 11) is 1.56. The van der Waals surface area contributed by atoms with Crippen molar-refractivity contribution in [2.75, 3.05) is 7.11 Å². The molecule has 0 aliphatic carbocycles. The summed E-state index contributed by atoms with van der Waals surface area (Å²) in [6, 6.07) is 11.8. The van der Waals surface area contributed by atoms with Crippen molar-refractivity contribution in [2.24, 2.45) is 0 Å². The van der Waals surface area contributed by atoms with Crippen LogP contribution < -0.4 is 9.47 Å². The lowest BCUT2D eigenvalue weighted by Crippen LogP contribution is -2.00. The van der Waals surface area contributed by atoms with Crippen LogP contribution >= 0.6 is 0 Å². The van der Waals surface area contributed by atoms with Gasteiger partial charge in [0.25, 0.3) is 0 Å². The Morgan fingerprint density at radius 2 is 1.81 bits per heavy atom. The molecule has 0 aromatic heterocycles. The molecule has 0 atom stereocenters. The number of hydrogen-bond donors (Lipinski definition) is 0. The fourth-order valence-corrected chi connectivity index (χ4v) is 2.23. The predicted molar refractivity (Wildman–Crippen MR) is 82.7 cm³/mol. The lowest BCUT2D eigenvalue weighted by molar-refractivity contribution is 0.302. The van der Waals surface area contributed by atoms with Gasteiger partial charge in [-0.15, -0.1) is 0 Å². The van der Waals surface area contributed by atoms with Crippen molar-refractivity contribution in [1.82, 2.24) is 0 Å². The molecule has 0 saturated carbocycles. The van der Waals surface area contributed by atoms with Crippen LogP contribution in [0.5, 0.6) is 11.5 Å². The van der Waals surface area contributed by atoms with E-state index < -0.39 is 0 Å². The summed E-state index contributed by atoms with van der Waals surface area (Å²) in [6.45, 7) is 6.65. The number of methoxy groups -OCH3 is 1. The second-order valence-electron chi connectivity index (χ2n) is 5.14. The molecule has 0 unspecified atom stereocenters. The van der Waals surface area contributed by atoms with Gasteiger partial charge in [-0.3, -0.25) is 0 Å². The van der Waals surface area contributed by atoms with Crippen molar-refractivity contribution in [3.8, 4) is 17.6 Å². The standard InChI is InChI=1S/C18H19NO2/c1-12-7-13(2)14(3)17(8-12)21-11-15-5-6-16(10-19)18(9-15)20-4/h5-9H,11H2,1-4H3. The van der Waals surface area contributed by atoms with Crippen LogP contribution in [0, 0.1) is 32.1 Å². The van der Waals surface area contributed by atoms with Crippen LogP contribution in [-0.4, -0.2) is 7.11 Å². The molecule has 0 radical (unpaired) electrons. The first-order valence-electron chi connectivity index (χ1n) is 6.83. The molecule has 21 heavy (non-hydrogen) atoms. The number of nitrogens with zero attached hydrogens (tertiary/aromatic N) is 1. The summed E-state index contributed by atoms with van der Waals surface area (Å²) in [6.07, 6.45) is 0. The lowest BCUT2D eigenvalue weighted by Gasteiger charge is -2.13. The van der Waals surface area contributed by atoms with E-state index in [9.17, 15) is 0 Å². The molecule has 2 aromatic rings. The minimum absolute atomic E-state index is 0.450. The van der Waals surface area contributed by atoms with Gasteiger partial charge < -0.3 is 9.47 Å². The maximum absolute atomic E-state index is 8.98. The average molecular weight is 281 g/mol. The van der Waals surface area contributed by atoms with Gasteiger partial charge in [-0.1, -0.05) is 12.1 Å². The molecule has 2 rings (SSSR count). The van der Waals surface area contributed by atoms with E-state index in [0.717, 1.165) is 16.9 Å². The van der Waals surface area contributed by atoms with Gasteiger partial charge in [0.1, 0.15) is 24.2 Å². The summed E-state index contributed by atoms with van der Waals surface area (Å²) in [5.41, 5.74) is 5.07. The highest BCUT2D eigenvalue weighted by atomic mass is 16.5. The van der Waals surface area contributed by atoms with E-state index >= 15 is 0 Å². The van der Waals surface area contributed by atoms with Crippen molar-refractivity contribution in [1.29, 1.82) is 5.26 Å². The van der Waals surface area contributed by atoms with Crippen molar-refractivity contribution in [2.45, 2.75) is 27.4 Å². The Balaban J connectivity index is 2.19. The maximum atomic E-state index is 8.98. The fraction of sp³-hybridized carbons (Fsp3) is 0.278. The molecule has 3 nitrogen and oxygen atoms in total. The Morgan fingerprint density at radius 1 is 1.05 bits per heavy atom. The maximum Gasteiger partial charge on any atom is 0.137 e. The summed E-state index contributed by atoms with van der Waals surface area (Å²) in [4.78, 5) is 0. The first-order valence-corrected chi connectivity index (χ1v) is 6.83. The zero-order chi connectivity index (χ0) is 15.4. The molecular formula is C18H19NO2. The van der Waals surface area contributed by atoms with Crippen LogP contribution in [0.15, 0.2) is 30.3 Å². The van der Waals surface area contributed by atoms with Crippen LogP contribution in [0.25, 0.3) is 0 Å². The number of aryl methyl sites for hydroxylation is 2. The highest BCUT2D eigenvalue weighted by Crippen LogP contribution is 2.25. The third-order valence-electron chi connectivity index (χ3n) is 3.54. The molecule has 0 N–H and O–H groups in total. The quantitative estimate of drug-likeness (QED) is 0.848. The van der Waals surface area contributed by atoms with E-state index in [2.05, 4.69) is 32.9 Å². The smallest absolute Gasteiger partial charge is 0.137 e. The molecule has 0 aliphatic heterocycles. The lowest BCUT2D eigenvalue weighted by atomic mass is 10.1. The third kappa shape index (κ3) is 3.35. The Morgan fingerprint density at radius 3 is 2.48 bits per heavy atom. The van der Waals surface area contributed by atoms with Crippen LogP contribution in [0.4, 0.5) is 0 Å². The van der Waals surface area contributed by atoms with E-state index in [-0.39, 0.29) is 0 Å². The summed E-state index contributed by atoms with van der Waals surface area (Å²) in [5, 5.41) is 8.98. The van der Waals surface area contributed by atoms with Crippen LogP contribution in [0.3, 0.4) is 0 Å². The van der Waals surface area contributed by atoms with Gasteiger partial charge in [-0.05, 0) is 61.2 Å². The number of ether oxygens (including phenoxy) is 2. The molecule has 0 bridgehead atoms. The highest BCUT2D eigenvalue weighted by Gasteiger charge is 2.07. The van der Waals surface area contributed by atoms with Gasteiger partial charge in [0.2, 0.25) is 0 Å². The van der Waals surface area contributed by atoms with Crippen molar-refractivity contribution < 1.29 is 9.47 Å². The summed E-state index contributed by atoms with van der Waals surface area (Å²) in [5.74, 6) is 1.48. The summed E-state index contributed by atoms with van der Waals surface area (Å²) < 4.78 is 11.1. The van der Waals surface area contributed by atoms with Gasteiger partial charge in [0, 0.05) is 0 Å². The number of benzene rings is 2. The molecular weight excluding hydrogens is 262 g/mol.